The van der Waals surface area contributed by atoms with Crippen LogP contribution >= 0.6 is 11.8 Å². The molecule has 0 spiro atoms. The molecule has 0 bridgehead atoms. The van der Waals surface area contributed by atoms with Crippen LogP contribution in [0.15, 0.2) is 36.9 Å². The Hall–Kier alpha value is -0.930. The molecule has 0 fully saturated rings. The first kappa shape index (κ1) is 15.1. The van der Waals surface area contributed by atoms with Crippen molar-refractivity contribution in [2.45, 2.75) is 32.3 Å². The minimum absolute atomic E-state index is 0.0698. The van der Waals surface area contributed by atoms with E-state index in [2.05, 4.69) is 20.4 Å². The lowest BCUT2D eigenvalue weighted by Gasteiger charge is -2.19. The second-order valence-electron chi connectivity index (χ2n) is 4.06. The first-order valence-corrected chi connectivity index (χ1v) is 7.29. The zero-order valence-electron chi connectivity index (χ0n) is 11.4. The van der Waals surface area contributed by atoms with Crippen molar-refractivity contribution in [3.63, 3.8) is 0 Å². The highest BCUT2D eigenvalue weighted by atomic mass is 32.2. The number of benzene rings is 1. The maximum absolute atomic E-state index is 5.81. The van der Waals surface area contributed by atoms with Gasteiger partial charge in [0, 0.05) is 0 Å². The minimum Gasteiger partial charge on any atom is -0.491 e. The monoisotopic (exact) mass is 266 g/mol. The molecule has 0 aliphatic heterocycles. The second-order valence-corrected chi connectivity index (χ2v) is 5.64. The third-order valence-electron chi connectivity index (χ3n) is 2.43. The van der Waals surface area contributed by atoms with Crippen LogP contribution in [0.4, 0.5) is 0 Å². The van der Waals surface area contributed by atoms with Crippen LogP contribution in [0.5, 0.6) is 5.75 Å². The van der Waals surface area contributed by atoms with Gasteiger partial charge in [-0.25, -0.2) is 0 Å². The van der Waals surface area contributed by atoms with E-state index in [1.54, 1.807) is 17.8 Å². The Morgan fingerprint density at radius 1 is 1.44 bits per heavy atom. The number of hydrogen-bond donors (Lipinski definition) is 0. The molecule has 1 aromatic carbocycles. The summed E-state index contributed by atoms with van der Waals surface area (Å²) in [6.07, 6.45) is 1.72. The van der Waals surface area contributed by atoms with Gasteiger partial charge in [0.2, 0.25) is 0 Å². The molecule has 0 N–H and O–H groups in total. The van der Waals surface area contributed by atoms with E-state index in [1.807, 2.05) is 31.2 Å². The zero-order valence-corrected chi connectivity index (χ0v) is 12.2. The van der Waals surface area contributed by atoms with E-state index in [-0.39, 0.29) is 11.5 Å². The molecule has 2 unspecified atom stereocenters. The van der Waals surface area contributed by atoms with Gasteiger partial charge in [0.05, 0.1) is 0 Å². The topological polar surface area (TPSA) is 18.5 Å². The van der Waals surface area contributed by atoms with E-state index in [0.717, 1.165) is 11.5 Å². The van der Waals surface area contributed by atoms with Gasteiger partial charge in [-0.3, -0.25) is 0 Å². The number of ether oxygens (including phenoxy) is 2. The van der Waals surface area contributed by atoms with Crippen molar-refractivity contribution in [3.05, 3.63) is 42.5 Å². The molecule has 0 amide bonds. The van der Waals surface area contributed by atoms with Gasteiger partial charge in [0.25, 0.3) is 0 Å². The standard InChI is InChI=1S/C15H22O2S/c1-5-14(17-13(4)18-6-2)11-16-15-9-7-8-12(3)10-15/h5,7-10,13-14H,1,6,11H2,2-4H3. The van der Waals surface area contributed by atoms with E-state index in [1.165, 1.54) is 5.56 Å². The predicted octanol–water partition coefficient (Wildman–Crippen LogP) is 4.04. The van der Waals surface area contributed by atoms with Gasteiger partial charge in [0.15, 0.2) is 0 Å². The van der Waals surface area contributed by atoms with Crippen molar-refractivity contribution in [1.82, 2.24) is 0 Å². The third-order valence-corrected chi connectivity index (χ3v) is 3.35. The van der Waals surface area contributed by atoms with E-state index >= 15 is 0 Å². The summed E-state index contributed by atoms with van der Waals surface area (Å²) < 4.78 is 11.5. The normalized spacial score (nSPS) is 13.9. The summed E-state index contributed by atoms with van der Waals surface area (Å²) in [7, 11) is 0. The molecule has 3 heteroatoms. The fraction of sp³-hybridized carbons (Fsp3) is 0.467. The highest BCUT2D eigenvalue weighted by Gasteiger charge is 2.10. The molecule has 0 saturated heterocycles. The van der Waals surface area contributed by atoms with Crippen LogP contribution in [-0.2, 0) is 4.74 Å². The molecule has 0 aliphatic rings. The molecule has 100 valence electrons. The fourth-order valence-electron chi connectivity index (χ4n) is 1.57. The van der Waals surface area contributed by atoms with Gasteiger partial charge in [-0.1, -0.05) is 25.1 Å². The summed E-state index contributed by atoms with van der Waals surface area (Å²) in [6.45, 7) is 10.5. The van der Waals surface area contributed by atoms with Gasteiger partial charge < -0.3 is 9.47 Å². The molecule has 0 saturated carbocycles. The number of hydrogen-bond acceptors (Lipinski definition) is 3. The number of aryl methyl sites for hydroxylation is 1. The average Bonchev–Trinajstić information content (AvgIpc) is 2.35. The molecule has 1 aromatic rings. The predicted molar refractivity (Wildman–Crippen MR) is 79.3 cm³/mol. The molecule has 2 nitrogen and oxygen atoms in total. The summed E-state index contributed by atoms with van der Waals surface area (Å²) in [5, 5.41) is 0. The van der Waals surface area contributed by atoms with Crippen LogP contribution in [-0.4, -0.2) is 23.9 Å². The lowest BCUT2D eigenvalue weighted by molar-refractivity contribution is 0.0424. The van der Waals surface area contributed by atoms with Crippen molar-refractivity contribution in [2.75, 3.05) is 12.4 Å². The van der Waals surface area contributed by atoms with E-state index in [4.69, 9.17) is 9.47 Å². The number of rotatable bonds is 8. The highest BCUT2D eigenvalue weighted by molar-refractivity contribution is 7.99. The zero-order chi connectivity index (χ0) is 13.4. The van der Waals surface area contributed by atoms with Crippen LogP contribution in [0, 0.1) is 6.92 Å². The molecular formula is C15H22O2S. The SMILES string of the molecule is C=CC(COc1cccc(C)c1)OC(C)SCC. The minimum atomic E-state index is -0.0698. The summed E-state index contributed by atoms with van der Waals surface area (Å²) in [6, 6.07) is 8.01. The van der Waals surface area contributed by atoms with Crippen LogP contribution in [0.1, 0.15) is 19.4 Å². The van der Waals surface area contributed by atoms with E-state index in [0.29, 0.717) is 6.61 Å². The summed E-state index contributed by atoms with van der Waals surface area (Å²) in [5.74, 6) is 1.92. The second kappa shape index (κ2) is 8.22. The number of thioether (sulfide) groups is 1. The molecule has 0 aromatic heterocycles. The van der Waals surface area contributed by atoms with Crippen molar-refractivity contribution in [2.24, 2.45) is 0 Å². The lowest BCUT2D eigenvalue weighted by atomic mass is 10.2. The molecule has 18 heavy (non-hydrogen) atoms. The molecule has 1 rings (SSSR count). The third kappa shape index (κ3) is 5.61. The van der Waals surface area contributed by atoms with Crippen LogP contribution in [0.25, 0.3) is 0 Å². The van der Waals surface area contributed by atoms with Gasteiger partial charge >= 0.3 is 0 Å². The Labute approximate surface area is 114 Å². The Morgan fingerprint density at radius 3 is 2.83 bits per heavy atom. The maximum atomic E-state index is 5.81. The van der Waals surface area contributed by atoms with E-state index in [9.17, 15) is 0 Å². The van der Waals surface area contributed by atoms with Gasteiger partial charge in [-0.05, 0) is 37.3 Å². The van der Waals surface area contributed by atoms with Gasteiger partial charge in [0.1, 0.15) is 23.9 Å². The van der Waals surface area contributed by atoms with Crippen molar-refractivity contribution >= 4 is 11.8 Å². The first-order chi connectivity index (χ1) is 8.65. The molecular weight excluding hydrogens is 244 g/mol. The maximum Gasteiger partial charge on any atom is 0.119 e. The summed E-state index contributed by atoms with van der Waals surface area (Å²) in [5.41, 5.74) is 1.36. The quantitative estimate of drug-likeness (QED) is 0.522. The molecule has 0 radical (unpaired) electrons. The Balaban J connectivity index is 2.42. The summed E-state index contributed by atoms with van der Waals surface area (Å²) in [4.78, 5) is 0. The molecule has 2 atom stereocenters. The largest absolute Gasteiger partial charge is 0.491 e. The fourth-order valence-corrected chi connectivity index (χ4v) is 2.26. The van der Waals surface area contributed by atoms with Gasteiger partial charge in [-0.15, -0.1) is 18.3 Å². The van der Waals surface area contributed by atoms with Crippen LogP contribution in [0.3, 0.4) is 0 Å². The van der Waals surface area contributed by atoms with Crippen molar-refractivity contribution in [3.8, 4) is 5.75 Å². The Kier molecular flexibility index (Phi) is 6.91. The Bertz CT molecular complexity index is 365. The molecule has 0 aliphatic carbocycles. The highest BCUT2D eigenvalue weighted by Crippen LogP contribution is 2.16. The van der Waals surface area contributed by atoms with E-state index < -0.39 is 0 Å². The van der Waals surface area contributed by atoms with Gasteiger partial charge in [-0.2, -0.15) is 0 Å². The van der Waals surface area contributed by atoms with Crippen LogP contribution < -0.4 is 4.74 Å². The average molecular weight is 266 g/mol. The summed E-state index contributed by atoms with van der Waals surface area (Å²) >= 11 is 1.77. The first-order valence-electron chi connectivity index (χ1n) is 6.24. The lowest BCUT2D eigenvalue weighted by Crippen LogP contribution is -2.23. The molecule has 0 heterocycles. The smallest absolute Gasteiger partial charge is 0.119 e. The Morgan fingerprint density at radius 2 is 2.22 bits per heavy atom. The van der Waals surface area contributed by atoms with Crippen LogP contribution in [0.2, 0.25) is 0 Å². The van der Waals surface area contributed by atoms with Crippen molar-refractivity contribution < 1.29 is 9.47 Å². The van der Waals surface area contributed by atoms with Crippen molar-refractivity contribution in [1.29, 1.82) is 0 Å².